The average molecular weight is 268 g/mol. The van der Waals surface area contributed by atoms with Crippen LogP contribution in [0.4, 0.5) is 0 Å². The summed E-state index contributed by atoms with van der Waals surface area (Å²) >= 11 is 0. The molecular formula is C16H16N2O2. The van der Waals surface area contributed by atoms with E-state index in [1.165, 1.54) is 4.90 Å². The molecule has 1 aliphatic heterocycles. The van der Waals surface area contributed by atoms with Crippen LogP contribution in [-0.2, 0) is 0 Å². The topological polar surface area (TPSA) is 63.4 Å². The molecule has 2 aromatic carbocycles. The van der Waals surface area contributed by atoms with E-state index in [1.54, 1.807) is 12.1 Å². The van der Waals surface area contributed by atoms with E-state index in [2.05, 4.69) is 0 Å². The van der Waals surface area contributed by atoms with E-state index in [4.69, 9.17) is 5.73 Å². The summed E-state index contributed by atoms with van der Waals surface area (Å²) in [7, 11) is 0. The molecule has 2 amide bonds. The van der Waals surface area contributed by atoms with Crippen molar-refractivity contribution in [2.75, 3.05) is 6.54 Å². The van der Waals surface area contributed by atoms with Crippen LogP contribution in [0.25, 0.3) is 10.8 Å². The van der Waals surface area contributed by atoms with Crippen molar-refractivity contribution in [2.45, 2.75) is 19.4 Å². The number of benzene rings is 2. The standard InChI is InChI=1S/C16H16N2O2/c1-10(17)8-9-18-15(19)12-6-2-4-11-5-3-7-13(14(11)12)16(18)20/h2-7,10H,8-9,17H2,1H3. The Morgan fingerprint density at radius 2 is 1.60 bits per heavy atom. The van der Waals surface area contributed by atoms with Crippen molar-refractivity contribution in [2.24, 2.45) is 5.73 Å². The van der Waals surface area contributed by atoms with E-state index in [1.807, 2.05) is 31.2 Å². The number of imide groups is 1. The fraction of sp³-hybridized carbons (Fsp3) is 0.250. The highest BCUT2D eigenvalue weighted by Gasteiger charge is 2.32. The number of carbonyl (C=O) groups excluding carboxylic acids is 2. The minimum Gasteiger partial charge on any atom is -0.328 e. The molecule has 3 rings (SSSR count). The predicted octanol–water partition coefficient (Wildman–Crippen LogP) is 2.17. The summed E-state index contributed by atoms with van der Waals surface area (Å²) in [6.07, 6.45) is 0.607. The molecule has 0 saturated carbocycles. The predicted molar refractivity (Wildman–Crippen MR) is 77.6 cm³/mol. The van der Waals surface area contributed by atoms with Gasteiger partial charge in [-0.2, -0.15) is 0 Å². The fourth-order valence-corrected chi connectivity index (χ4v) is 2.62. The number of nitrogens with zero attached hydrogens (tertiary/aromatic N) is 1. The molecule has 102 valence electrons. The van der Waals surface area contributed by atoms with Gasteiger partial charge in [0.2, 0.25) is 0 Å². The van der Waals surface area contributed by atoms with Gasteiger partial charge in [0.25, 0.3) is 11.8 Å². The Morgan fingerprint density at radius 3 is 2.10 bits per heavy atom. The molecule has 1 unspecified atom stereocenters. The van der Waals surface area contributed by atoms with E-state index in [0.717, 1.165) is 10.8 Å². The highest BCUT2D eigenvalue weighted by atomic mass is 16.2. The summed E-state index contributed by atoms with van der Waals surface area (Å²) in [5.74, 6) is -0.445. The molecule has 20 heavy (non-hydrogen) atoms. The third-order valence-electron chi connectivity index (χ3n) is 3.66. The SMILES string of the molecule is CC(N)CCN1C(=O)c2cccc3cccc(c23)C1=O. The van der Waals surface area contributed by atoms with Crippen LogP contribution >= 0.6 is 0 Å². The van der Waals surface area contributed by atoms with Crippen LogP contribution in [0.1, 0.15) is 34.1 Å². The zero-order chi connectivity index (χ0) is 14.3. The second-order valence-corrected chi connectivity index (χ2v) is 5.24. The summed E-state index contributed by atoms with van der Waals surface area (Å²) in [5.41, 5.74) is 6.92. The van der Waals surface area contributed by atoms with Crippen molar-refractivity contribution in [3.05, 3.63) is 47.5 Å². The molecule has 1 atom stereocenters. The summed E-state index contributed by atoms with van der Waals surface area (Å²) < 4.78 is 0. The van der Waals surface area contributed by atoms with Gasteiger partial charge in [-0.25, -0.2) is 0 Å². The molecule has 4 heteroatoms. The first-order valence-electron chi connectivity index (χ1n) is 6.73. The largest absolute Gasteiger partial charge is 0.328 e. The van der Waals surface area contributed by atoms with Crippen LogP contribution < -0.4 is 5.73 Å². The van der Waals surface area contributed by atoms with Crippen LogP contribution in [0.15, 0.2) is 36.4 Å². The van der Waals surface area contributed by atoms with E-state index in [-0.39, 0.29) is 17.9 Å². The second-order valence-electron chi connectivity index (χ2n) is 5.24. The highest BCUT2D eigenvalue weighted by molar-refractivity contribution is 6.25. The van der Waals surface area contributed by atoms with Crippen LogP contribution in [0.2, 0.25) is 0 Å². The van der Waals surface area contributed by atoms with Crippen molar-refractivity contribution in [1.82, 2.24) is 4.90 Å². The lowest BCUT2D eigenvalue weighted by Crippen LogP contribution is -2.42. The quantitative estimate of drug-likeness (QED) is 0.868. The van der Waals surface area contributed by atoms with E-state index < -0.39 is 0 Å². The lowest BCUT2D eigenvalue weighted by Gasteiger charge is -2.27. The van der Waals surface area contributed by atoms with Gasteiger partial charge >= 0.3 is 0 Å². The monoisotopic (exact) mass is 268 g/mol. The Bertz CT molecular complexity index is 656. The molecular weight excluding hydrogens is 252 g/mol. The van der Waals surface area contributed by atoms with Crippen molar-refractivity contribution >= 4 is 22.6 Å². The summed E-state index contributed by atoms with van der Waals surface area (Å²) in [5, 5.41) is 1.69. The molecule has 0 saturated heterocycles. The van der Waals surface area contributed by atoms with Gasteiger partial charge < -0.3 is 5.73 Å². The molecule has 0 fully saturated rings. The molecule has 2 aromatic rings. The van der Waals surface area contributed by atoms with Gasteiger partial charge in [-0.05, 0) is 30.9 Å². The van der Waals surface area contributed by atoms with Crippen LogP contribution in [0, 0.1) is 0 Å². The molecule has 0 aliphatic carbocycles. The molecule has 0 aromatic heterocycles. The number of hydrogen-bond acceptors (Lipinski definition) is 3. The van der Waals surface area contributed by atoms with E-state index in [9.17, 15) is 9.59 Å². The van der Waals surface area contributed by atoms with Crippen LogP contribution in [-0.4, -0.2) is 29.3 Å². The smallest absolute Gasteiger partial charge is 0.261 e. The number of amides is 2. The van der Waals surface area contributed by atoms with Gasteiger partial charge in [0.05, 0.1) is 0 Å². The Labute approximate surface area is 117 Å². The van der Waals surface area contributed by atoms with Crippen molar-refractivity contribution in [3.63, 3.8) is 0 Å². The Balaban J connectivity index is 2.11. The van der Waals surface area contributed by atoms with Gasteiger partial charge in [0.15, 0.2) is 0 Å². The molecule has 2 N–H and O–H groups in total. The maximum Gasteiger partial charge on any atom is 0.261 e. The van der Waals surface area contributed by atoms with Gasteiger partial charge in [0.1, 0.15) is 0 Å². The minimum atomic E-state index is -0.222. The molecule has 4 nitrogen and oxygen atoms in total. The maximum atomic E-state index is 12.5. The zero-order valence-electron chi connectivity index (χ0n) is 11.3. The third-order valence-corrected chi connectivity index (χ3v) is 3.66. The van der Waals surface area contributed by atoms with E-state index in [0.29, 0.717) is 24.1 Å². The maximum absolute atomic E-state index is 12.5. The summed E-state index contributed by atoms with van der Waals surface area (Å²) in [6, 6.07) is 11.0. The molecule has 1 heterocycles. The molecule has 0 radical (unpaired) electrons. The first kappa shape index (κ1) is 12.8. The van der Waals surface area contributed by atoms with Crippen molar-refractivity contribution < 1.29 is 9.59 Å². The van der Waals surface area contributed by atoms with Gasteiger partial charge in [-0.15, -0.1) is 0 Å². The summed E-state index contributed by atoms with van der Waals surface area (Å²) in [6.45, 7) is 2.23. The Kier molecular flexibility index (Phi) is 3.03. The second kappa shape index (κ2) is 4.72. The highest BCUT2D eigenvalue weighted by Crippen LogP contribution is 2.29. The van der Waals surface area contributed by atoms with Gasteiger partial charge in [0, 0.05) is 29.1 Å². The third kappa shape index (κ3) is 1.89. The van der Waals surface area contributed by atoms with Gasteiger partial charge in [-0.1, -0.05) is 24.3 Å². The lowest BCUT2D eigenvalue weighted by atomic mass is 9.94. The normalized spacial score (nSPS) is 15.8. The number of rotatable bonds is 3. The lowest BCUT2D eigenvalue weighted by molar-refractivity contribution is 0.0607. The van der Waals surface area contributed by atoms with Crippen molar-refractivity contribution in [1.29, 1.82) is 0 Å². The molecule has 0 spiro atoms. The molecule has 1 aliphatic rings. The number of nitrogens with two attached hydrogens (primary N) is 1. The zero-order valence-corrected chi connectivity index (χ0v) is 11.3. The van der Waals surface area contributed by atoms with Crippen LogP contribution in [0.5, 0.6) is 0 Å². The fourth-order valence-electron chi connectivity index (χ4n) is 2.62. The van der Waals surface area contributed by atoms with Crippen molar-refractivity contribution in [3.8, 4) is 0 Å². The van der Waals surface area contributed by atoms with Gasteiger partial charge in [-0.3, -0.25) is 14.5 Å². The Morgan fingerprint density at radius 1 is 1.05 bits per heavy atom. The number of carbonyl (C=O) groups is 2. The average Bonchev–Trinajstić information content (AvgIpc) is 2.44. The van der Waals surface area contributed by atoms with E-state index >= 15 is 0 Å². The summed E-state index contributed by atoms with van der Waals surface area (Å²) in [4.78, 5) is 26.3. The number of hydrogen-bond donors (Lipinski definition) is 1. The first-order chi connectivity index (χ1) is 9.59. The minimum absolute atomic E-state index is 0.0384. The molecule has 0 bridgehead atoms. The first-order valence-corrected chi connectivity index (χ1v) is 6.73. The Hall–Kier alpha value is -2.20. The van der Waals surface area contributed by atoms with Crippen LogP contribution in [0.3, 0.4) is 0 Å².